The Hall–Kier alpha value is -3.22. The second-order valence-corrected chi connectivity index (χ2v) is 7.63. The van der Waals surface area contributed by atoms with E-state index in [0.717, 1.165) is 18.4 Å². The molecule has 0 aliphatic carbocycles. The Bertz CT molecular complexity index is 942. The normalized spacial score (nSPS) is 19.2. The number of benzene rings is 2. The van der Waals surface area contributed by atoms with Crippen molar-refractivity contribution in [3.8, 4) is 0 Å². The van der Waals surface area contributed by atoms with Crippen LogP contribution in [0.4, 0.5) is 4.39 Å². The van der Waals surface area contributed by atoms with Crippen LogP contribution >= 0.6 is 0 Å². The van der Waals surface area contributed by atoms with Gasteiger partial charge in [-0.1, -0.05) is 47.6 Å². The maximum Gasteiger partial charge on any atom is 0.265 e. The Morgan fingerprint density at radius 3 is 2.63 bits per heavy atom. The maximum absolute atomic E-state index is 13.5. The van der Waals surface area contributed by atoms with Crippen LogP contribution in [-0.4, -0.2) is 47.7 Å². The van der Waals surface area contributed by atoms with Crippen LogP contribution in [0, 0.1) is 5.82 Å². The summed E-state index contributed by atoms with van der Waals surface area (Å²) in [4.78, 5) is 33.0. The van der Waals surface area contributed by atoms with E-state index in [9.17, 15) is 14.0 Å². The Balaban J connectivity index is 1.43. The molecule has 6 nitrogen and oxygen atoms in total. The average Bonchev–Trinajstić information content (AvgIpc) is 3.46. The number of amides is 2. The quantitative estimate of drug-likeness (QED) is 0.798. The second kappa shape index (κ2) is 9.07. The third kappa shape index (κ3) is 4.67. The van der Waals surface area contributed by atoms with Gasteiger partial charge in [0.2, 0.25) is 12.0 Å². The largest absolute Gasteiger partial charge is 0.382 e. The number of likely N-dealkylation sites (tertiary alicyclic amines) is 1. The van der Waals surface area contributed by atoms with E-state index in [1.165, 1.54) is 12.1 Å². The molecule has 2 aromatic rings. The van der Waals surface area contributed by atoms with Crippen molar-refractivity contribution in [2.75, 3.05) is 13.1 Å². The second-order valence-electron chi connectivity index (χ2n) is 7.63. The molecular weight excluding hydrogens is 385 g/mol. The van der Waals surface area contributed by atoms with E-state index in [0.29, 0.717) is 30.8 Å². The van der Waals surface area contributed by atoms with E-state index in [4.69, 9.17) is 4.84 Å². The minimum absolute atomic E-state index is 0.0750. The average molecular weight is 409 g/mol. The molecule has 4 rings (SSSR count). The fourth-order valence-electron chi connectivity index (χ4n) is 3.83. The summed E-state index contributed by atoms with van der Waals surface area (Å²) in [7, 11) is 0. The zero-order valence-electron chi connectivity index (χ0n) is 16.6. The van der Waals surface area contributed by atoms with Gasteiger partial charge >= 0.3 is 0 Å². The Kier molecular flexibility index (Phi) is 6.07. The van der Waals surface area contributed by atoms with Gasteiger partial charge in [0.05, 0.1) is 5.71 Å². The highest BCUT2D eigenvalue weighted by atomic mass is 19.1. The molecule has 0 spiro atoms. The summed E-state index contributed by atoms with van der Waals surface area (Å²) in [5.41, 5.74) is 2.07. The number of nitrogens with one attached hydrogen (secondary N) is 1. The fraction of sp³-hybridized carbons (Fsp3) is 0.348. The van der Waals surface area contributed by atoms with E-state index < -0.39 is 18.1 Å². The molecule has 0 unspecified atom stereocenters. The van der Waals surface area contributed by atoms with E-state index >= 15 is 0 Å². The van der Waals surface area contributed by atoms with E-state index in [-0.39, 0.29) is 18.1 Å². The fourth-order valence-corrected chi connectivity index (χ4v) is 3.83. The van der Waals surface area contributed by atoms with Crippen LogP contribution < -0.4 is 5.32 Å². The van der Waals surface area contributed by atoms with Crippen LogP contribution in [0.1, 0.15) is 30.4 Å². The predicted octanol–water partition coefficient (Wildman–Crippen LogP) is 2.67. The summed E-state index contributed by atoms with van der Waals surface area (Å²) in [6, 6.07) is 15.0. The van der Waals surface area contributed by atoms with Crippen molar-refractivity contribution in [1.29, 1.82) is 0 Å². The summed E-state index contributed by atoms with van der Waals surface area (Å²) in [5.74, 6) is -0.838. The lowest BCUT2D eigenvalue weighted by Gasteiger charge is -2.25. The van der Waals surface area contributed by atoms with E-state index in [1.807, 2.05) is 30.3 Å². The molecule has 1 fully saturated rings. The third-order valence-electron chi connectivity index (χ3n) is 5.43. The van der Waals surface area contributed by atoms with Crippen molar-refractivity contribution in [3.05, 3.63) is 71.5 Å². The predicted molar refractivity (Wildman–Crippen MR) is 110 cm³/mol. The van der Waals surface area contributed by atoms with Crippen LogP contribution in [-0.2, 0) is 20.8 Å². The summed E-state index contributed by atoms with van der Waals surface area (Å²) in [6.07, 6.45) is 1.76. The van der Waals surface area contributed by atoms with Gasteiger partial charge in [0, 0.05) is 31.5 Å². The van der Waals surface area contributed by atoms with Gasteiger partial charge in [-0.25, -0.2) is 4.39 Å². The molecule has 2 atom stereocenters. The highest BCUT2D eigenvalue weighted by Crippen LogP contribution is 2.19. The van der Waals surface area contributed by atoms with Gasteiger partial charge in [-0.15, -0.1) is 0 Å². The Labute approximate surface area is 174 Å². The standard InChI is InChI=1S/C23H24FN3O3/c24-18-10-6-9-17(14-18)19-15-21(30-26-19)22(28)25-20(13-16-7-2-1-3-8-16)23(29)27-11-4-5-12-27/h1-3,6-10,14,20-21H,4-5,11-13,15H2,(H,25,28)/t20-,21+/m0/s1. The molecule has 2 amide bonds. The topological polar surface area (TPSA) is 71.0 Å². The van der Waals surface area contributed by atoms with Crippen molar-refractivity contribution in [1.82, 2.24) is 10.2 Å². The number of halogens is 1. The molecule has 0 aromatic heterocycles. The summed E-state index contributed by atoms with van der Waals surface area (Å²) in [5, 5.41) is 6.82. The monoisotopic (exact) mass is 409 g/mol. The zero-order valence-corrected chi connectivity index (χ0v) is 16.6. The Morgan fingerprint density at radius 1 is 1.13 bits per heavy atom. The van der Waals surface area contributed by atoms with Gasteiger partial charge in [0.1, 0.15) is 11.9 Å². The van der Waals surface area contributed by atoms with Gasteiger partial charge in [-0.3, -0.25) is 9.59 Å². The molecule has 2 aliphatic heterocycles. The Morgan fingerprint density at radius 2 is 1.90 bits per heavy atom. The van der Waals surface area contributed by atoms with E-state index in [2.05, 4.69) is 10.5 Å². The number of hydrogen-bond donors (Lipinski definition) is 1. The van der Waals surface area contributed by atoms with Crippen molar-refractivity contribution in [2.45, 2.75) is 37.8 Å². The van der Waals surface area contributed by atoms with Crippen LogP contribution in [0.15, 0.2) is 59.8 Å². The van der Waals surface area contributed by atoms with Crippen molar-refractivity contribution < 1.29 is 18.8 Å². The minimum atomic E-state index is -0.840. The number of carbonyl (C=O) groups is 2. The lowest BCUT2D eigenvalue weighted by atomic mass is 10.0. The lowest BCUT2D eigenvalue weighted by molar-refractivity contribution is -0.139. The highest BCUT2D eigenvalue weighted by Gasteiger charge is 2.34. The smallest absolute Gasteiger partial charge is 0.265 e. The van der Waals surface area contributed by atoms with Crippen LogP contribution in [0.25, 0.3) is 0 Å². The number of nitrogens with zero attached hydrogens (tertiary/aromatic N) is 2. The number of carbonyl (C=O) groups excluding carboxylic acids is 2. The maximum atomic E-state index is 13.5. The molecule has 1 N–H and O–H groups in total. The first-order valence-electron chi connectivity index (χ1n) is 10.2. The van der Waals surface area contributed by atoms with Gasteiger partial charge < -0.3 is 15.1 Å². The zero-order chi connectivity index (χ0) is 20.9. The van der Waals surface area contributed by atoms with Crippen molar-refractivity contribution in [3.63, 3.8) is 0 Å². The first kappa shape index (κ1) is 20.1. The molecule has 7 heteroatoms. The minimum Gasteiger partial charge on any atom is -0.382 e. The van der Waals surface area contributed by atoms with Gasteiger partial charge in [-0.2, -0.15) is 0 Å². The van der Waals surface area contributed by atoms with E-state index in [1.54, 1.807) is 17.0 Å². The number of rotatable bonds is 6. The molecular formula is C23H24FN3O3. The molecule has 2 heterocycles. The number of hydrogen-bond acceptors (Lipinski definition) is 4. The molecule has 2 aliphatic rings. The molecule has 30 heavy (non-hydrogen) atoms. The SMILES string of the molecule is O=C(N[C@@H](Cc1ccccc1)C(=O)N1CCCC1)[C@H]1CC(c2cccc(F)c2)=NO1. The molecule has 0 radical (unpaired) electrons. The molecule has 2 aromatic carbocycles. The van der Waals surface area contributed by atoms with Crippen LogP contribution in [0.2, 0.25) is 0 Å². The third-order valence-corrected chi connectivity index (χ3v) is 5.43. The van der Waals surface area contributed by atoms with Crippen molar-refractivity contribution >= 4 is 17.5 Å². The summed E-state index contributed by atoms with van der Waals surface area (Å²) >= 11 is 0. The molecule has 0 bridgehead atoms. The first-order chi connectivity index (χ1) is 14.6. The summed E-state index contributed by atoms with van der Waals surface area (Å²) in [6.45, 7) is 1.43. The van der Waals surface area contributed by atoms with Crippen molar-refractivity contribution in [2.24, 2.45) is 5.16 Å². The highest BCUT2D eigenvalue weighted by molar-refractivity contribution is 6.04. The summed E-state index contributed by atoms with van der Waals surface area (Å²) < 4.78 is 13.5. The molecule has 0 saturated carbocycles. The first-order valence-corrected chi connectivity index (χ1v) is 10.2. The van der Waals surface area contributed by atoms with Gasteiger partial charge in [0.25, 0.3) is 5.91 Å². The van der Waals surface area contributed by atoms with Gasteiger partial charge in [-0.05, 0) is 30.5 Å². The van der Waals surface area contributed by atoms with Crippen LogP contribution in [0.3, 0.4) is 0 Å². The number of oxime groups is 1. The molecule has 156 valence electrons. The molecule has 1 saturated heterocycles. The lowest BCUT2D eigenvalue weighted by Crippen LogP contribution is -2.51. The van der Waals surface area contributed by atoms with Crippen LogP contribution in [0.5, 0.6) is 0 Å². The van der Waals surface area contributed by atoms with Gasteiger partial charge in [0.15, 0.2) is 0 Å².